The van der Waals surface area contributed by atoms with Gasteiger partial charge >= 0.3 is 0 Å². The molecule has 70 valence electrons. The lowest BCUT2D eigenvalue weighted by Gasteiger charge is -2.24. The molecule has 0 nitrogen and oxygen atoms in total. The maximum absolute atomic E-state index is 3.82. The van der Waals surface area contributed by atoms with Crippen molar-refractivity contribution in [2.75, 3.05) is 5.33 Å². The Balaban J connectivity index is 3.96. The van der Waals surface area contributed by atoms with Crippen LogP contribution in [-0.4, -0.2) is 13.4 Å². The van der Waals surface area contributed by atoms with E-state index < -0.39 is 8.07 Å². The Morgan fingerprint density at radius 1 is 1.25 bits per heavy atom. The van der Waals surface area contributed by atoms with E-state index in [0.29, 0.717) is 0 Å². The van der Waals surface area contributed by atoms with Gasteiger partial charge in [-0.15, -0.1) is 13.2 Å². The average Bonchev–Trinajstić information content (AvgIpc) is 2.02. The standard InChI is InChI=1S/C10H19BrSi/c1-4-8-12(3,9-5-2)10-6-7-11/h4-5H,1-2,6-10H2,3H3. The van der Waals surface area contributed by atoms with Gasteiger partial charge < -0.3 is 0 Å². The van der Waals surface area contributed by atoms with Crippen LogP contribution >= 0.6 is 15.9 Å². The maximum atomic E-state index is 3.82. The monoisotopic (exact) mass is 246 g/mol. The van der Waals surface area contributed by atoms with E-state index in [1.165, 1.54) is 24.6 Å². The van der Waals surface area contributed by atoms with Crippen LogP contribution in [0.3, 0.4) is 0 Å². The van der Waals surface area contributed by atoms with Gasteiger partial charge in [0.1, 0.15) is 0 Å². The molecule has 0 atom stereocenters. The highest BCUT2D eigenvalue weighted by molar-refractivity contribution is 9.09. The van der Waals surface area contributed by atoms with Gasteiger partial charge in [-0.1, -0.05) is 40.7 Å². The zero-order valence-corrected chi connectivity index (χ0v) is 10.6. The average molecular weight is 247 g/mol. The minimum absolute atomic E-state index is 1.04. The number of rotatable bonds is 7. The maximum Gasteiger partial charge on any atom is 0.0579 e. The van der Waals surface area contributed by atoms with Crippen LogP contribution in [0.15, 0.2) is 25.3 Å². The minimum atomic E-state index is -1.04. The summed E-state index contributed by atoms with van der Waals surface area (Å²) in [6, 6.07) is 3.84. The molecule has 0 N–H and O–H groups in total. The van der Waals surface area contributed by atoms with Crippen LogP contribution in [0.1, 0.15) is 6.42 Å². The lowest BCUT2D eigenvalue weighted by atomic mass is 10.6. The Labute approximate surface area is 85.9 Å². The van der Waals surface area contributed by atoms with Crippen LogP contribution in [-0.2, 0) is 0 Å². The molecule has 0 aromatic heterocycles. The van der Waals surface area contributed by atoms with Gasteiger partial charge in [-0.25, -0.2) is 0 Å². The summed E-state index contributed by atoms with van der Waals surface area (Å²) < 4.78 is 0. The van der Waals surface area contributed by atoms with E-state index in [1.54, 1.807) is 0 Å². The first kappa shape index (κ1) is 12.2. The topological polar surface area (TPSA) is 0 Å². The van der Waals surface area contributed by atoms with E-state index in [2.05, 4.69) is 47.8 Å². The Bertz CT molecular complexity index is 133. The van der Waals surface area contributed by atoms with Gasteiger partial charge in [0.05, 0.1) is 8.07 Å². The molecular weight excluding hydrogens is 228 g/mol. The molecule has 0 bridgehead atoms. The smallest absolute Gasteiger partial charge is 0.0579 e. The van der Waals surface area contributed by atoms with Crippen LogP contribution < -0.4 is 0 Å². The summed E-state index contributed by atoms with van der Waals surface area (Å²) in [7, 11) is -1.04. The lowest BCUT2D eigenvalue weighted by Crippen LogP contribution is -2.27. The van der Waals surface area contributed by atoms with Crippen LogP contribution in [0.4, 0.5) is 0 Å². The van der Waals surface area contributed by atoms with Gasteiger partial charge in [0.25, 0.3) is 0 Å². The minimum Gasteiger partial charge on any atom is -0.103 e. The van der Waals surface area contributed by atoms with E-state index in [9.17, 15) is 0 Å². The highest BCUT2D eigenvalue weighted by Gasteiger charge is 2.22. The van der Waals surface area contributed by atoms with Crippen LogP contribution in [0, 0.1) is 0 Å². The van der Waals surface area contributed by atoms with Crippen molar-refractivity contribution < 1.29 is 0 Å². The van der Waals surface area contributed by atoms with Gasteiger partial charge in [0.15, 0.2) is 0 Å². The van der Waals surface area contributed by atoms with Crippen molar-refractivity contribution in [3.63, 3.8) is 0 Å². The van der Waals surface area contributed by atoms with E-state index in [4.69, 9.17) is 0 Å². The number of hydrogen-bond donors (Lipinski definition) is 0. The first-order valence-corrected chi connectivity index (χ1v) is 8.70. The van der Waals surface area contributed by atoms with Crippen molar-refractivity contribution in [3.05, 3.63) is 25.3 Å². The summed E-state index contributed by atoms with van der Waals surface area (Å²) in [4.78, 5) is 0. The molecule has 0 heterocycles. The summed E-state index contributed by atoms with van der Waals surface area (Å²) in [5, 5.41) is 1.13. The molecule has 0 aromatic carbocycles. The highest BCUT2D eigenvalue weighted by atomic mass is 79.9. The molecule has 0 aliphatic rings. The van der Waals surface area contributed by atoms with E-state index in [-0.39, 0.29) is 0 Å². The molecule has 0 aliphatic carbocycles. The third kappa shape index (κ3) is 4.94. The Morgan fingerprint density at radius 2 is 1.75 bits per heavy atom. The van der Waals surface area contributed by atoms with Gasteiger partial charge in [0, 0.05) is 5.33 Å². The molecular formula is C10H19BrSi. The first-order chi connectivity index (χ1) is 5.68. The molecule has 0 saturated heterocycles. The number of allylic oxidation sites excluding steroid dienone is 2. The molecule has 0 saturated carbocycles. The molecule has 2 heteroatoms. The van der Waals surface area contributed by atoms with Crippen LogP contribution in [0.25, 0.3) is 0 Å². The van der Waals surface area contributed by atoms with Crippen molar-refractivity contribution in [2.45, 2.75) is 31.1 Å². The number of alkyl halides is 1. The van der Waals surface area contributed by atoms with E-state index >= 15 is 0 Å². The van der Waals surface area contributed by atoms with Crippen LogP contribution in [0.5, 0.6) is 0 Å². The summed E-state index contributed by atoms with van der Waals surface area (Å²) in [6.45, 7) is 10.1. The van der Waals surface area contributed by atoms with E-state index in [0.717, 1.165) is 5.33 Å². The van der Waals surface area contributed by atoms with Gasteiger partial charge in [0.2, 0.25) is 0 Å². The summed E-state index contributed by atoms with van der Waals surface area (Å²) in [6.07, 6.45) is 5.44. The molecule has 12 heavy (non-hydrogen) atoms. The Hall–Kier alpha value is 0.177. The normalized spacial score (nSPS) is 11.2. The number of hydrogen-bond acceptors (Lipinski definition) is 0. The Morgan fingerprint density at radius 3 is 2.08 bits per heavy atom. The predicted molar refractivity (Wildman–Crippen MR) is 64.8 cm³/mol. The summed E-state index contributed by atoms with van der Waals surface area (Å²) in [5.41, 5.74) is 0. The molecule has 0 radical (unpaired) electrons. The molecule has 0 unspecified atom stereocenters. The predicted octanol–water partition coefficient (Wildman–Crippen LogP) is 4.22. The van der Waals surface area contributed by atoms with Gasteiger partial charge in [-0.3, -0.25) is 0 Å². The molecule has 0 rings (SSSR count). The molecule has 0 aliphatic heterocycles. The molecule has 0 fully saturated rings. The van der Waals surface area contributed by atoms with Gasteiger partial charge in [-0.2, -0.15) is 0 Å². The second-order valence-electron chi connectivity index (χ2n) is 3.59. The second kappa shape index (κ2) is 6.67. The molecule has 0 aromatic rings. The molecule has 0 amide bonds. The fourth-order valence-corrected chi connectivity index (χ4v) is 5.28. The SMILES string of the molecule is C=CC[Si](C)(CC=C)CCCBr. The number of halogens is 1. The first-order valence-electron chi connectivity index (χ1n) is 4.46. The Kier molecular flexibility index (Phi) is 6.77. The quantitative estimate of drug-likeness (QED) is 0.359. The summed E-state index contributed by atoms with van der Waals surface area (Å²) in [5.74, 6) is 0. The second-order valence-corrected chi connectivity index (χ2v) is 9.32. The van der Waals surface area contributed by atoms with Crippen molar-refractivity contribution >= 4 is 24.0 Å². The third-order valence-electron chi connectivity index (χ3n) is 2.19. The van der Waals surface area contributed by atoms with Crippen molar-refractivity contribution in [3.8, 4) is 0 Å². The largest absolute Gasteiger partial charge is 0.103 e. The fourth-order valence-electron chi connectivity index (χ4n) is 1.48. The van der Waals surface area contributed by atoms with Crippen LogP contribution in [0.2, 0.25) is 24.7 Å². The zero-order valence-electron chi connectivity index (χ0n) is 7.98. The van der Waals surface area contributed by atoms with Crippen molar-refractivity contribution in [1.29, 1.82) is 0 Å². The van der Waals surface area contributed by atoms with Crippen molar-refractivity contribution in [1.82, 2.24) is 0 Å². The zero-order chi connectivity index (χ0) is 9.45. The third-order valence-corrected chi connectivity index (χ3v) is 6.86. The summed E-state index contributed by atoms with van der Waals surface area (Å²) >= 11 is 3.47. The molecule has 0 spiro atoms. The van der Waals surface area contributed by atoms with E-state index in [1.807, 2.05) is 0 Å². The highest BCUT2D eigenvalue weighted by Crippen LogP contribution is 2.23. The van der Waals surface area contributed by atoms with Gasteiger partial charge in [-0.05, 0) is 18.5 Å². The fraction of sp³-hybridized carbons (Fsp3) is 0.600. The lowest BCUT2D eigenvalue weighted by molar-refractivity contribution is 1.05. The van der Waals surface area contributed by atoms with Crippen molar-refractivity contribution in [2.24, 2.45) is 0 Å².